The van der Waals surface area contributed by atoms with Gasteiger partial charge in [0.05, 0.1) is 23.6 Å². The van der Waals surface area contributed by atoms with Gasteiger partial charge in [0.2, 0.25) is 0 Å². The summed E-state index contributed by atoms with van der Waals surface area (Å²) in [4.78, 5) is 24.8. The number of carbonyl (C=O) groups excluding carboxylic acids is 2. The molecule has 33 heavy (non-hydrogen) atoms. The number of benzene rings is 2. The topological polar surface area (TPSA) is 114 Å². The molecule has 0 unspecified atom stereocenters. The predicted molar refractivity (Wildman–Crippen MR) is 126 cm³/mol. The van der Waals surface area contributed by atoms with Crippen LogP contribution in [0, 0.1) is 0 Å². The first-order valence-electron chi connectivity index (χ1n) is 10.8. The number of sulfonamides is 1. The Hall–Kier alpha value is -2.78. The van der Waals surface area contributed by atoms with Crippen LogP contribution in [-0.4, -0.2) is 33.5 Å². The van der Waals surface area contributed by atoms with Crippen LogP contribution >= 0.6 is 11.6 Å². The molecule has 0 aliphatic heterocycles. The normalized spacial score (nSPS) is 15.4. The zero-order valence-corrected chi connectivity index (χ0v) is 20.1. The molecular formula is C23H28ClN3O5S. The fourth-order valence-corrected chi connectivity index (χ4v) is 4.88. The maximum Gasteiger partial charge on any atom is 0.328 e. The molecule has 3 N–H and O–H groups in total. The lowest BCUT2D eigenvalue weighted by atomic mass is 9.96. The molecule has 0 bridgehead atoms. The quantitative estimate of drug-likeness (QED) is 0.536. The Kier molecular flexibility index (Phi) is 8.20. The average molecular weight is 494 g/mol. The number of halogens is 1. The minimum atomic E-state index is -4.01. The largest absolute Gasteiger partial charge is 0.496 e. The number of rotatable bonds is 7. The second-order valence-corrected chi connectivity index (χ2v) is 10.1. The number of amides is 3. The SMILES string of the molecule is COc1ccc(Cl)cc1C(=O)N[C@H](C)c1ccc(S(=O)(=O)NC(=O)NC2CCCCC2)cc1. The molecule has 0 spiro atoms. The summed E-state index contributed by atoms with van der Waals surface area (Å²) in [5, 5.41) is 5.98. The zero-order valence-electron chi connectivity index (χ0n) is 18.6. The minimum absolute atomic E-state index is 0.00101. The van der Waals surface area contributed by atoms with Crippen LogP contribution < -0.4 is 20.1 Å². The second kappa shape index (κ2) is 10.9. The zero-order chi connectivity index (χ0) is 24.0. The Labute approximate surface area is 199 Å². The van der Waals surface area contributed by atoms with Gasteiger partial charge in [-0.2, -0.15) is 0 Å². The summed E-state index contributed by atoms with van der Waals surface area (Å²) in [7, 11) is -2.55. The van der Waals surface area contributed by atoms with Gasteiger partial charge in [-0.05, 0) is 55.7 Å². The summed E-state index contributed by atoms with van der Waals surface area (Å²) in [6, 6.07) is 9.59. The molecule has 8 nitrogen and oxygen atoms in total. The van der Waals surface area contributed by atoms with E-state index in [0.717, 1.165) is 32.1 Å². The molecule has 3 amide bonds. The number of carbonyl (C=O) groups is 2. The van der Waals surface area contributed by atoms with E-state index in [0.29, 0.717) is 21.9 Å². The van der Waals surface area contributed by atoms with E-state index in [-0.39, 0.29) is 16.8 Å². The average Bonchev–Trinajstić information content (AvgIpc) is 2.79. The Balaban J connectivity index is 1.63. The van der Waals surface area contributed by atoms with Crippen LogP contribution in [0.1, 0.15) is 61.0 Å². The summed E-state index contributed by atoms with van der Waals surface area (Å²) < 4.78 is 32.4. The fraction of sp³-hybridized carbons (Fsp3) is 0.391. The Bertz CT molecular complexity index is 1100. The third kappa shape index (κ3) is 6.61. The van der Waals surface area contributed by atoms with E-state index in [9.17, 15) is 18.0 Å². The molecule has 2 aromatic rings. The Morgan fingerprint density at radius 3 is 2.36 bits per heavy atom. The van der Waals surface area contributed by atoms with Crippen LogP contribution in [-0.2, 0) is 10.0 Å². The van der Waals surface area contributed by atoms with Gasteiger partial charge in [-0.15, -0.1) is 0 Å². The monoisotopic (exact) mass is 493 g/mol. The fourth-order valence-electron chi connectivity index (χ4n) is 3.79. The molecule has 0 aromatic heterocycles. The van der Waals surface area contributed by atoms with Gasteiger partial charge in [-0.3, -0.25) is 4.79 Å². The van der Waals surface area contributed by atoms with E-state index in [1.54, 1.807) is 31.2 Å². The van der Waals surface area contributed by atoms with Crippen molar-refractivity contribution in [2.24, 2.45) is 0 Å². The molecule has 1 saturated carbocycles. The molecule has 1 aliphatic carbocycles. The highest BCUT2D eigenvalue weighted by Gasteiger charge is 2.22. The number of nitrogens with one attached hydrogen (secondary N) is 3. The lowest BCUT2D eigenvalue weighted by Gasteiger charge is -2.22. The highest BCUT2D eigenvalue weighted by molar-refractivity contribution is 7.90. The van der Waals surface area contributed by atoms with E-state index < -0.39 is 22.1 Å². The summed E-state index contributed by atoms with van der Waals surface area (Å²) in [6.07, 6.45) is 4.89. The second-order valence-electron chi connectivity index (χ2n) is 8.02. The first-order valence-corrected chi connectivity index (χ1v) is 12.6. The first kappa shape index (κ1) is 24.9. The van der Waals surface area contributed by atoms with Crippen molar-refractivity contribution in [2.45, 2.75) is 56.0 Å². The standard InChI is InChI=1S/C23H28ClN3O5S/c1-15(25-22(28)20-14-17(24)10-13-21(20)32-2)16-8-11-19(12-9-16)33(30,31)27-23(29)26-18-6-4-3-5-7-18/h8-15,18H,3-7H2,1-2H3,(H,25,28)(H2,26,27,29)/t15-/m1/s1. The molecule has 10 heteroatoms. The third-order valence-corrected chi connectivity index (χ3v) is 7.19. The Morgan fingerprint density at radius 1 is 1.06 bits per heavy atom. The number of urea groups is 1. The van der Waals surface area contributed by atoms with Crippen LogP contribution in [0.2, 0.25) is 5.02 Å². The van der Waals surface area contributed by atoms with Crippen LogP contribution in [0.4, 0.5) is 4.79 Å². The van der Waals surface area contributed by atoms with Crippen LogP contribution in [0.25, 0.3) is 0 Å². The highest BCUT2D eigenvalue weighted by atomic mass is 35.5. The number of hydrogen-bond acceptors (Lipinski definition) is 5. The molecule has 0 radical (unpaired) electrons. The molecule has 3 rings (SSSR count). The number of methoxy groups -OCH3 is 1. The maximum absolute atomic E-state index is 12.7. The van der Waals surface area contributed by atoms with Crippen molar-refractivity contribution < 1.29 is 22.7 Å². The van der Waals surface area contributed by atoms with Gasteiger partial charge in [-0.1, -0.05) is 43.0 Å². The van der Waals surface area contributed by atoms with E-state index in [1.165, 1.54) is 25.3 Å². The van der Waals surface area contributed by atoms with Crippen LogP contribution in [0.3, 0.4) is 0 Å². The summed E-state index contributed by atoms with van der Waals surface area (Å²) in [5.74, 6) is 0.0164. The van der Waals surface area contributed by atoms with Gasteiger partial charge in [-0.25, -0.2) is 17.9 Å². The first-order chi connectivity index (χ1) is 15.7. The maximum atomic E-state index is 12.7. The van der Waals surface area contributed by atoms with Crippen molar-refractivity contribution in [1.29, 1.82) is 0 Å². The van der Waals surface area contributed by atoms with Gasteiger partial charge in [0, 0.05) is 11.1 Å². The predicted octanol–water partition coefficient (Wildman–Crippen LogP) is 4.16. The van der Waals surface area contributed by atoms with Crippen LogP contribution in [0.5, 0.6) is 5.75 Å². The molecule has 0 saturated heterocycles. The lowest BCUT2D eigenvalue weighted by molar-refractivity contribution is 0.0936. The van der Waals surface area contributed by atoms with Gasteiger partial charge < -0.3 is 15.4 Å². The highest BCUT2D eigenvalue weighted by Crippen LogP contribution is 2.24. The Morgan fingerprint density at radius 2 is 1.73 bits per heavy atom. The summed E-state index contributed by atoms with van der Waals surface area (Å²) >= 11 is 6.00. The van der Waals surface area contributed by atoms with E-state index in [2.05, 4.69) is 15.4 Å². The summed E-state index contributed by atoms with van der Waals surface area (Å²) in [5.41, 5.74) is 0.985. The van der Waals surface area contributed by atoms with Gasteiger partial charge >= 0.3 is 6.03 Å². The number of ether oxygens (including phenoxy) is 1. The van der Waals surface area contributed by atoms with Gasteiger partial charge in [0.1, 0.15) is 5.75 Å². The molecular weight excluding hydrogens is 466 g/mol. The van der Waals surface area contributed by atoms with Crippen molar-refractivity contribution >= 4 is 33.6 Å². The van der Waals surface area contributed by atoms with Crippen molar-refractivity contribution in [3.8, 4) is 5.75 Å². The van der Waals surface area contributed by atoms with Crippen molar-refractivity contribution in [2.75, 3.05) is 7.11 Å². The minimum Gasteiger partial charge on any atom is -0.496 e. The van der Waals surface area contributed by atoms with E-state index in [1.807, 2.05) is 0 Å². The van der Waals surface area contributed by atoms with Crippen molar-refractivity contribution in [1.82, 2.24) is 15.4 Å². The van der Waals surface area contributed by atoms with E-state index in [4.69, 9.17) is 16.3 Å². The molecule has 1 aliphatic rings. The third-order valence-electron chi connectivity index (χ3n) is 5.61. The van der Waals surface area contributed by atoms with E-state index >= 15 is 0 Å². The molecule has 178 valence electrons. The molecule has 2 aromatic carbocycles. The lowest BCUT2D eigenvalue weighted by Crippen LogP contribution is -2.45. The molecule has 0 heterocycles. The number of hydrogen-bond donors (Lipinski definition) is 3. The van der Waals surface area contributed by atoms with Crippen molar-refractivity contribution in [3.63, 3.8) is 0 Å². The smallest absolute Gasteiger partial charge is 0.328 e. The molecule has 1 fully saturated rings. The molecule has 1 atom stereocenters. The summed E-state index contributed by atoms with van der Waals surface area (Å²) in [6.45, 7) is 1.77. The van der Waals surface area contributed by atoms with Crippen LogP contribution in [0.15, 0.2) is 47.4 Å². The van der Waals surface area contributed by atoms with Gasteiger partial charge in [0.15, 0.2) is 0 Å². The van der Waals surface area contributed by atoms with Crippen molar-refractivity contribution in [3.05, 3.63) is 58.6 Å². The van der Waals surface area contributed by atoms with Gasteiger partial charge in [0.25, 0.3) is 15.9 Å².